The van der Waals surface area contributed by atoms with E-state index in [1.54, 1.807) is 27.8 Å². The van der Waals surface area contributed by atoms with Gasteiger partial charge in [-0.15, -0.1) is 0 Å². The molecule has 0 radical (unpaired) electrons. The number of hydrogen-bond acceptors (Lipinski definition) is 7. The second-order valence-electron chi connectivity index (χ2n) is 8.25. The van der Waals surface area contributed by atoms with Gasteiger partial charge in [0.1, 0.15) is 10.0 Å². The molecule has 8 nitrogen and oxygen atoms in total. The van der Waals surface area contributed by atoms with Crippen LogP contribution in [0.3, 0.4) is 0 Å². The molecule has 0 bridgehead atoms. The third-order valence-corrected chi connectivity index (χ3v) is 7.19. The van der Waals surface area contributed by atoms with Gasteiger partial charge in [0, 0.05) is 29.9 Å². The van der Waals surface area contributed by atoms with Crippen LogP contribution in [0, 0.1) is 10.1 Å². The summed E-state index contributed by atoms with van der Waals surface area (Å²) in [4.78, 5) is 26.4. The van der Waals surface area contributed by atoms with E-state index < -0.39 is 4.92 Å². The summed E-state index contributed by atoms with van der Waals surface area (Å²) in [6.45, 7) is 2.75. The summed E-state index contributed by atoms with van der Waals surface area (Å²) in [6.07, 6.45) is 7.78. The number of hydrogen-bond donors (Lipinski definition) is 0. The zero-order valence-corrected chi connectivity index (χ0v) is 21.7. The van der Waals surface area contributed by atoms with Crippen molar-refractivity contribution in [3.8, 4) is 22.7 Å². The molecule has 3 aromatic rings. The maximum Gasteiger partial charge on any atom is 0.311 e. The van der Waals surface area contributed by atoms with Gasteiger partial charge in [-0.2, -0.15) is 5.10 Å². The first-order valence-corrected chi connectivity index (χ1v) is 12.9. The fraction of sp³-hybridized carbons (Fsp3) is 0.269. The highest BCUT2D eigenvalue weighted by Gasteiger charge is 2.32. The molecule has 10 heteroatoms. The number of nitro benzene ring substituents is 1. The summed E-state index contributed by atoms with van der Waals surface area (Å²) >= 11 is 6.76. The lowest BCUT2D eigenvalue weighted by atomic mass is 10.1. The van der Waals surface area contributed by atoms with E-state index in [9.17, 15) is 14.9 Å². The van der Waals surface area contributed by atoms with Gasteiger partial charge in [-0.05, 0) is 36.8 Å². The number of amides is 1. The van der Waals surface area contributed by atoms with Crippen LogP contribution in [0.15, 0.2) is 59.6 Å². The van der Waals surface area contributed by atoms with E-state index in [0.717, 1.165) is 31.4 Å². The zero-order valence-electron chi connectivity index (χ0n) is 20.0. The van der Waals surface area contributed by atoms with Crippen LogP contribution in [0.25, 0.3) is 23.0 Å². The van der Waals surface area contributed by atoms with Crippen molar-refractivity contribution in [3.05, 3.63) is 75.3 Å². The van der Waals surface area contributed by atoms with Crippen molar-refractivity contribution in [2.75, 3.05) is 13.7 Å². The third kappa shape index (κ3) is 5.50. The Morgan fingerprint density at radius 3 is 2.64 bits per heavy atom. The van der Waals surface area contributed by atoms with E-state index in [1.807, 2.05) is 36.5 Å². The first-order valence-electron chi connectivity index (χ1n) is 11.7. The molecule has 0 aliphatic carbocycles. The lowest BCUT2D eigenvalue weighted by Crippen LogP contribution is -2.29. The molecule has 0 atom stereocenters. The van der Waals surface area contributed by atoms with Gasteiger partial charge in [0.05, 0.1) is 22.6 Å². The largest absolute Gasteiger partial charge is 0.490 e. The molecule has 0 N–H and O–H groups in total. The number of methoxy groups -OCH3 is 1. The van der Waals surface area contributed by atoms with Crippen LogP contribution in [-0.2, 0) is 4.79 Å². The molecule has 1 fully saturated rings. The number of thiocarbonyl (C=S) groups is 1. The van der Waals surface area contributed by atoms with Crippen LogP contribution in [0.5, 0.6) is 5.75 Å². The van der Waals surface area contributed by atoms with E-state index >= 15 is 0 Å². The second kappa shape index (κ2) is 11.5. The van der Waals surface area contributed by atoms with E-state index in [0.29, 0.717) is 32.6 Å². The number of para-hydroxylation sites is 1. The lowest BCUT2D eigenvalue weighted by molar-refractivity contribution is -0.385. The first-order chi connectivity index (χ1) is 17.4. The number of unbranched alkanes of at least 4 members (excludes halogenated alkanes) is 3. The number of benzene rings is 2. The molecule has 2 aromatic carbocycles. The predicted octanol–water partition coefficient (Wildman–Crippen LogP) is 6.24. The first kappa shape index (κ1) is 25.6. The fourth-order valence-corrected chi connectivity index (χ4v) is 5.24. The molecule has 0 spiro atoms. The van der Waals surface area contributed by atoms with Gasteiger partial charge in [-0.25, -0.2) is 4.68 Å². The Bertz CT molecular complexity index is 1320. The summed E-state index contributed by atoms with van der Waals surface area (Å²) in [5.41, 5.74) is 2.37. The Balaban J connectivity index is 1.74. The Morgan fingerprint density at radius 1 is 1.17 bits per heavy atom. The van der Waals surface area contributed by atoms with Crippen molar-refractivity contribution in [1.82, 2.24) is 14.7 Å². The lowest BCUT2D eigenvalue weighted by Gasteiger charge is -2.13. The minimum atomic E-state index is -0.486. The number of nitrogens with zero attached hydrogens (tertiary/aromatic N) is 4. The molecule has 0 saturated carbocycles. The van der Waals surface area contributed by atoms with Gasteiger partial charge in [0.2, 0.25) is 0 Å². The average Bonchev–Trinajstić information content (AvgIpc) is 3.42. The van der Waals surface area contributed by atoms with Crippen molar-refractivity contribution >= 4 is 46.0 Å². The molecule has 1 aliphatic heterocycles. The number of carbonyl (C=O) groups excluding carboxylic acids is 1. The standard InChI is InChI=1S/C26H26N4O4S2/c1-3-4-5-9-14-28-25(31)23(36-26(28)35)16-19-17-29(20-10-7-6-8-11-20)27-24(19)18-12-13-22(34-2)21(15-18)30(32)33/h6-8,10-13,15-17H,3-5,9,14H2,1-2H3/b23-16-. The van der Waals surface area contributed by atoms with Crippen molar-refractivity contribution in [2.45, 2.75) is 32.6 Å². The SMILES string of the molecule is CCCCCCN1C(=O)/C(=C/c2cn(-c3ccccc3)nc2-c2ccc(OC)c([N+](=O)[O-])c2)SC1=S. The van der Waals surface area contributed by atoms with Gasteiger partial charge in [0.15, 0.2) is 5.75 Å². The summed E-state index contributed by atoms with van der Waals surface area (Å²) in [5, 5.41) is 16.3. The van der Waals surface area contributed by atoms with Gasteiger partial charge in [-0.1, -0.05) is 68.4 Å². The van der Waals surface area contributed by atoms with Crippen molar-refractivity contribution in [1.29, 1.82) is 0 Å². The van der Waals surface area contributed by atoms with Crippen LogP contribution in [0.2, 0.25) is 0 Å². The summed E-state index contributed by atoms with van der Waals surface area (Å²) < 4.78 is 7.39. The third-order valence-electron chi connectivity index (χ3n) is 5.81. The van der Waals surface area contributed by atoms with E-state index in [2.05, 4.69) is 6.92 Å². The van der Waals surface area contributed by atoms with E-state index in [-0.39, 0.29) is 17.3 Å². The summed E-state index contributed by atoms with van der Waals surface area (Å²) in [5.74, 6) is 0.0392. The summed E-state index contributed by atoms with van der Waals surface area (Å²) in [6, 6.07) is 14.2. The number of nitro groups is 1. The maximum atomic E-state index is 13.2. The highest BCUT2D eigenvalue weighted by Crippen LogP contribution is 2.37. The van der Waals surface area contributed by atoms with E-state index in [4.69, 9.17) is 22.1 Å². The molecule has 186 valence electrons. The van der Waals surface area contributed by atoms with Gasteiger partial charge in [-0.3, -0.25) is 19.8 Å². The minimum Gasteiger partial charge on any atom is -0.490 e. The Hall–Kier alpha value is -3.50. The van der Waals surface area contributed by atoms with Crippen molar-refractivity contribution < 1.29 is 14.5 Å². The molecular formula is C26H26N4O4S2. The number of rotatable bonds is 10. The topological polar surface area (TPSA) is 90.5 Å². The van der Waals surface area contributed by atoms with Crippen molar-refractivity contribution in [3.63, 3.8) is 0 Å². The van der Waals surface area contributed by atoms with Gasteiger partial charge < -0.3 is 4.74 Å². The monoisotopic (exact) mass is 522 g/mol. The van der Waals surface area contributed by atoms with Crippen LogP contribution in [-0.4, -0.2) is 43.5 Å². The molecular weight excluding hydrogens is 496 g/mol. The molecule has 36 heavy (non-hydrogen) atoms. The zero-order chi connectivity index (χ0) is 25.7. The highest BCUT2D eigenvalue weighted by molar-refractivity contribution is 8.26. The maximum absolute atomic E-state index is 13.2. The van der Waals surface area contributed by atoms with Crippen LogP contribution in [0.1, 0.15) is 38.2 Å². The Kier molecular flexibility index (Phi) is 8.17. The predicted molar refractivity (Wildman–Crippen MR) is 146 cm³/mol. The molecule has 1 aliphatic rings. The van der Waals surface area contributed by atoms with Gasteiger partial charge in [0.25, 0.3) is 5.91 Å². The summed E-state index contributed by atoms with van der Waals surface area (Å²) in [7, 11) is 1.39. The fourth-order valence-electron chi connectivity index (χ4n) is 3.94. The second-order valence-corrected chi connectivity index (χ2v) is 9.93. The van der Waals surface area contributed by atoms with Gasteiger partial charge >= 0.3 is 5.69 Å². The average molecular weight is 523 g/mol. The Morgan fingerprint density at radius 2 is 1.94 bits per heavy atom. The number of ether oxygens (including phenoxy) is 1. The van der Waals surface area contributed by atoms with Crippen LogP contribution < -0.4 is 4.74 Å². The quantitative estimate of drug-likeness (QED) is 0.102. The molecule has 1 aromatic heterocycles. The van der Waals surface area contributed by atoms with E-state index in [1.165, 1.54) is 24.9 Å². The highest BCUT2D eigenvalue weighted by atomic mass is 32.2. The number of carbonyl (C=O) groups is 1. The van der Waals surface area contributed by atoms with Crippen molar-refractivity contribution in [2.24, 2.45) is 0 Å². The minimum absolute atomic E-state index is 0.124. The van der Waals surface area contributed by atoms with Crippen LogP contribution in [0.4, 0.5) is 5.69 Å². The normalized spacial score (nSPS) is 14.6. The molecule has 2 heterocycles. The molecule has 4 rings (SSSR count). The smallest absolute Gasteiger partial charge is 0.311 e. The molecule has 1 amide bonds. The Labute approximate surface area is 219 Å². The molecule has 1 saturated heterocycles. The molecule has 0 unspecified atom stereocenters. The number of thioether (sulfide) groups is 1. The number of aromatic nitrogens is 2. The van der Waals surface area contributed by atoms with Crippen LogP contribution >= 0.6 is 24.0 Å².